The Bertz CT molecular complexity index is 1690. The van der Waals surface area contributed by atoms with Gasteiger partial charge in [0.2, 0.25) is 11.8 Å². The third kappa shape index (κ3) is 4.94. The number of hydrogen-bond donors (Lipinski definition) is 1. The van der Waals surface area contributed by atoms with Crippen molar-refractivity contribution in [2.24, 2.45) is 0 Å². The molecule has 0 fully saturated rings. The SMILES string of the molecule is Cc1ccccc1-n1nc(-c2cccs2)c2c1N(CC(=O)Nc1ccccc1)C(=O)CSC2c1ccccc1F. The van der Waals surface area contributed by atoms with E-state index in [1.54, 1.807) is 35.0 Å². The van der Waals surface area contributed by atoms with Gasteiger partial charge >= 0.3 is 0 Å². The molecule has 0 bridgehead atoms. The summed E-state index contributed by atoms with van der Waals surface area (Å²) in [5, 5.41) is 9.39. The number of aryl methyl sites for hydroxylation is 1. The molecule has 40 heavy (non-hydrogen) atoms. The third-order valence-electron chi connectivity index (χ3n) is 6.73. The first-order valence-electron chi connectivity index (χ1n) is 12.8. The van der Waals surface area contributed by atoms with E-state index in [4.69, 9.17) is 5.10 Å². The molecule has 3 heterocycles. The molecule has 0 spiro atoms. The number of benzene rings is 3. The average molecular weight is 569 g/mol. The fourth-order valence-corrected chi connectivity index (χ4v) is 6.83. The van der Waals surface area contributed by atoms with Crippen LogP contribution in [0, 0.1) is 12.7 Å². The zero-order valence-electron chi connectivity index (χ0n) is 21.6. The first-order valence-corrected chi connectivity index (χ1v) is 14.7. The van der Waals surface area contributed by atoms with Gasteiger partial charge in [-0.25, -0.2) is 9.07 Å². The second-order valence-electron chi connectivity index (χ2n) is 9.37. The van der Waals surface area contributed by atoms with E-state index >= 15 is 4.39 Å². The Balaban J connectivity index is 1.58. The van der Waals surface area contributed by atoms with Gasteiger partial charge in [0.15, 0.2) is 0 Å². The number of anilines is 2. The van der Waals surface area contributed by atoms with Gasteiger partial charge in [-0.15, -0.1) is 23.1 Å². The molecular weight excluding hydrogens is 543 g/mol. The van der Waals surface area contributed by atoms with Gasteiger partial charge in [0.1, 0.15) is 23.9 Å². The molecule has 1 N–H and O–H groups in total. The van der Waals surface area contributed by atoms with Crippen LogP contribution in [-0.2, 0) is 9.59 Å². The molecule has 3 aromatic carbocycles. The lowest BCUT2D eigenvalue weighted by Gasteiger charge is -2.23. The summed E-state index contributed by atoms with van der Waals surface area (Å²) in [4.78, 5) is 29.5. The van der Waals surface area contributed by atoms with Gasteiger partial charge in [0.25, 0.3) is 0 Å². The van der Waals surface area contributed by atoms with Crippen molar-refractivity contribution in [1.29, 1.82) is 0 Å². The van der Waals surface area contributed by atoms with E-state index in [-0.39, 0.29) is 29.9 Å². The Labute approximate surface area is 239 Å². The summed E-state index contributed by atoms with van der Waals surface area (Å²) < 4.78 is 17.1. The lowest BCUT2D eigenvalue weighted by atomic mass is 10.0. The number of fused-ring (bicyclic) bond motifs is 1. The van der Waals surface area contributed by atoms with Gasteiger partial charge in [0, 0.05) is 16.8 Å². The van der Waals surface area contributed by atoms with Crippen LogP contribution in [-0.4, -0.2) is 33.9 Å². The molecule has 200 valence electrons. The zero-order valence-corrected chi connectivity index (χ0v) is 23.2. The van der Waals surface area contributed by atoms with Crippen molar-refractivity contribution in [2.45, 2.75) is 12.2 Å². The van der Waals surface area contributed by atoms with E-state index in [9.17, 15) is 9.59 Å². The Morgan fingerprint density at radius 1 is 1.00 bits per heavy atom. The van der Waals surface area contributed by atoms with Gasteiger partial charge in [-0.3, -0.25) is 14.5 Å². The van der Waals surface area contributed by atoms with Crippen LogP contribution in [0.15, 0.2) is 96.4 Å². The second kappa shape index (κ2) is 11.1. The average Bonchev–Trinajstić information content (AvgIpc) is 3.59. The van der Waals surface area contributed by atoms with Gasteiger partial charge in [-0.1, -0.05) is 60.7 Å². The number of rotatable bonds is 6. The van der Waals surface area contributed by atoms with E-state index in [1.807, 2.05) is 66.9 Å². The highest BCUT2D eigenvalue weighted by Crippen LogP contribution is 2.49. The number of nitrogens with zero attached hydrogens (tertiary/aromatic N) is 3. The molecule has 1 unspecified atom stereocenters. The van der Waals surface area contributed by atoms with E-state index < -0.39 is 5.25 Å². The summed E-state index contributed by atoms with van der Waals surface area (Å²) in [6.45, 7) is 1.76. The van der Waals surface area contributed by atoms with E-state index in [0.717, 1.165) is 16.1 Å². The number of aromatic nitrogens is 2. The molecule has 5 aromatic rings. The van der Waals surface area contributed by atoms with Crippen LogP contribution in [0.25, 0.3) is 16.3 Å². The van der Waals surface area contributed by atoms with Crippen molar-refractivity contribution in [3.8, 4) is 16.3 Å². The minimum atomic E-state index is -0.516. The van der Waals surface area contributed by atoms with Crippen LogP contribution in [0.5, 0.6) is 0 Å². The molecule has 0 radical (unpaired) electrons. The van der Waals surface area contributed by atoms with Gasteiger partial charge < -0.3 is 5.32 Å². The first kappa shape index (κ1) is 26.0. The molecular formula is C31H25FN4O2S2. The molecule has 2 amide bonds. The van der Waals surface area contributed by atoms with Crippen molar-refractivity contribution in [3.05, 3.63) is 119 Å². The number of para-hydroxylation sites is 2. The molecule has 9 heteroatoms. The predicted molar refractivity (Wildman–Crippen MR) is 160 cm³/mol. The van der Waals surface area contributed by atoms with Crippen molar-refractivity contribution in [3.63, 3.8) is 0 Å². The summed E-state index contributed by atoms with van der Waals surface area (Å²) in [6, 6.07) is 27.4. The molecule has 0 aliphatic carbocycles. The third-order valence-corrected chi connectivity index (χ3v) is 8.85. The molecule has 0 saturated heterocycles. The largest absolute Gasteiger partial charge is 0.325 e. The van der Waals surface area contributed by atoms with Crippen molar-refractivity contribution in [2.75, 3.05) is 22.5 Å². The fourth-order valence-electron chi connectivity index (χ4n) is 4.88. The number of hydrogen-bond acceptors (Lipinski definition) is 5. The minimum Gasteiger partial charge on any atom is -0.325 e. The van der Waals surface area contributed by atoms with E-state index in [0.29, 0.717) is 28.3 Å². The number of thioether (sulfide) groups is 1. The summed E-state index contributed by atoms with van der Waals surface area (Å²) >= 11 is 2.88. The van der Waals surface area contributed by atoms with Crippen LogP contribution in [0.1, 0.15) is 21.9 Å². The van der Waals surface area contributed by atoms with Crippen molar-refractivity contribution in [1.82, 2.24) is 9.78 Å². The number of carbonyl (C=O) groups excluding carboxylic acids is 2. The van der Waals surface area contributed by atoms with Crippen molar-refractivity contribution < 1.29 is 14.0 Å². The Morgan fingerprint density at radius 3 is 2.50 bits per heavy atom. The van der Waals surface area contributed by atoms with Gasteiger partial charge in [-0.05, 0) is 48.2 Å². The molecule has 6 rings (SSSR count). The minimum absolute atomic E-state index is 0.0734. The molecule has 6 nitrogen and oxygen atoms in total. The number of thiophene rings is 1. The highest BCUT2D eigenvalue weighted by molar-refractivity contribution is 8.00. The van der Waals surface area contributed by atoms with Crippen LogP contribution < -0.4 is 10.2 Å². The quantitative estimate of drug-likeness (QED) is 0.243. The number of nitrogens with one attached hydrogen (secondary N) is 1. The van der Waals surface area contributed by atoms with E-state index in [1.165, 1.54) is 34.1 Å². The maximum absolute atomic E-state index is 15.3. The van der Waals surface area contributed by atoms with Gasteiger partial charge in [-0.2, -0.15) is 5.10 Å². The summed E-state index contributed by atoms with van der Waals surface area (Å²) in [7, 11) is 0. The number of amides is 2. The van der Waals surface area contributed by atoms with Gasteiger partial charge in [0.05, 0.1) is 21.6 Å². The monoisotopic (exact) mass is 568 g/mol. The Hall–Kier alpha value is -4.21. The van der Waals surface area contributed by atoms with Crippen LogP contribution in [0.4, 0.5) is 15.9 Å². The maximum Gasteiger partial charge on any atom is 0.244 e. The van der Waals surface area contributed by atoms with Crippen LogP contribution >= 0.6 is 23.1 Å². The molecule has 1 atom stereocenters. The fraction of sp³-hybridized carbons (Fsp3) is 0.129. The first-order chi connectivity index (χ1) is 19.5. The Kier molecular flexibility index (Phi) is 7.23. The second-order valence-corrected chi connectivity index (χ2v) is 11.4. The van der Waals surface area contributed by atoms with Crippen LogP contribution in [0.2, 0.25) is 0 Å². The summed E-state index contributed by atoms with van der Waals surface area (Å²) in [5.41, 5.74) is 4.21. The summed E-state index contributed by atoms with van der Waals surface area (Å²) in [5.74, 6) is -0.390. The van der Waals surface area contributed by atoms with E-state index in [2.05, 4.69) is 5.32 Å². The zero-order chi connectivity index (χ0) is 27.6. The van der Waals surface area contributed by atoms with Crippen LogP contribution in [0.3, 0.4) is 0 Å². The standard InChI is InChI=1S/C31H25FN4O2S2/c1-20-10-5-8-15-24(20)36-31-28(29(34-36)25-16-9-17-39-25)30(22-13-6-7-14-23(22)32)40-19-27(38)35(31)18-26(37)33-21-11-3-2-4-12-21/h2-17,30H,18-19H2,1H3,(H,33,37). The maximum atomic E-state index is 15.3. The molecule has 0 saturated carbocycles. The number of carbonyl (C=O) groups is 2. The topological polar surface area (TPSA) is 67.2 Å². The lowest BCUT2D eigenvalue weighted by molar-refractivity contribution is -0.120. The summed E-state index contributed by atoms with van der Waals surface area (Å²) in [6.07, 6.45) is 0. The molecule has 1 aliphatic heterocycles. The molecule has 2 aromatic heterocycles. The highest BCUT2D eigenvalue weighted by atomic mass is 32.2. The smallest absolute Gasteiger partial charge is 0.244 e. The Morgan fingerprint density at radius 2 is 1.75 bits per heavy atom. The van der Waals surface area contributed by atoms with Crippen molar-refractivity contribution >= 4 is 46.4 Å². The highest BCUT2D eigenvalue weighted by Gasteiger charge is 2.38. The predicted octanol–water partition coefficient (Wildman–Crippen LogP) is 6.86. The molecule has 1 aliphatic rings. The lowest BCUT2D eigenvalue weighted by Crippen LogP contribution is -2.40. The number of halogens is 1. The normalized spacial score (nSPS) is 15.0.